The molecule has 6 aromatic carbocycles. The largest absolute Gasteiger partial charge is 0.477 e. The molecular weight excluding hydrogens is 1640 g/mol. The van der Waals surface area contributed by atoms with Gasteiger partial charge in [0.05, 0.1) is 46.2 Å². The minimum Gasteiger partial charge on any atom is -0.477 e. The number of anilines is 3. The van der Waals surface area contributed by atoms with E-state index in [1.54, 1.807) is 101 Å². The Hall–Kier alpha value is -13.4. The highest BCUT2D eigenvalue weighted by molar-refractivity contribution is 5.79. The maximum atomic E-state index is 13.6. The average Bonchev–Trinajstić information content (AvgIpc) is 1.66. The number of amides is 3. The number of hydrogen-bond donors (Lipinski definition) is 0. The molecular formula is C88H92F6N22O10. The first kappa shape index (κ1) is 87.5. The lowest BCUT2D eigenvalue weighted by atomic mass is 10.1. The van der Waals surface area contributed by atoms with E-state index in [2.05, 4.69) is 79.8 Å². The summed E-state index contributed by atoms with van der Waals surface area (Å²) >= 11 is 0. The Labute approximate surface area is 721 Å². The summed E-state index contributed by atoms with van der Waals surface area (Å²) in [6, 6.07) is 40.4. The number of piperazine rings is 3. The van der Waals surface area contributed by atoms with Gasteiger partial charge in [0.2, 0.25) is 35.4 Å². The number of carbonyl (C=O) groups is 3. The highest BCUT2D eigenvalue weighted by Crippen LogP contribution is 2.30. The smallest absolute Gasteiger partial charge is 0.244 e. The number of carbonyl (C=O) groups excluding carboxylic acids is 3. The van der Waals surface area contributed by atoms with Gasteiger partial charge >= 0.3 is 0 Å². The van der Waals surface area contributed by atoms with Crippen LogP contribution in [0, 0.1) is 40.8 Å². The average molecular weight is 1730 g/mol. The number of halogens is 6. The van der Waals surface area contributed by atoms with Crippen LogP contribution < -0.4 is 28.9 Å². The maximum absolute atomic E-state index is 13.6. The van der Waals surface area contributed by atoms with Crippen molar-refractivity contribution in [2.24, 2.45) is 5.92 Å². The van der Waals surface area contributed by atoms with Crippen LogP contribution in [0.4, 0.5) is 43.8 Å². The predicted molar refractivity (Wildman–Crippen MR) is 450 cm³/mol. The lowest BCUT2D eigenvalue weighted by Crippen LogP contribution is -2.50. The molecule has 0 saturated carbocycles. The number of aromatic nitrogens is 15. The van der Waals surface area contributed by atoms with Crippen molar-refractivity contribution in [3.05, 3.63) is 218 Å². The molecule has 126 heavy (non-hydrogen) atoms. The maximum Gasteiger partial charge on any atom is 0.244 e. The van der Waals surface area contributed by atoms with Gasteiger partial charge in [-0.05, 0) is 152 Å². The molecule has 17 rings (SSSR count). The van der Waals surface area contributed by atoms with Gasteiger partial charge in [-0.3, -0.25) is 19.3 Å². The summed E-state index contributed by atoms with van der Waals surface area (Å²) in [6.07, 6.45) is 5.43. The topological polar surface area (TPSA) is 308 Å². The minimum atomic E-state index is -0.383. The van der Waals surface area contributed by atoms with Crippen molar-refractivity contribution >= 4 is 35.2 Å². The molecule has 1 unspecified atom stereocenters. The van der Waals surface area contributed by atoms with E-state index in [1.165, 1.54) is 106 Å². The fourth-order valence-electron chi connectivity index (χ4n) is 14.4. The second-order valence-electron chi connectivity index (χ2n) is 29.8. The molecule has 5 aliphatic heterocycles. The molecule has 6 aromatic heterocycles. The van der Waals surface area contributed by atoms with E-state index in [-0.39, 0.29) is 72.3 Å². The lowest BCUT2D eigenvalue weighted by molar-refractivity contribution is -0.133. The molecule has 0 radical (unpaired) electrons. The molecule has 32 nitrogen and oxygen atoms in total. The number of ether oxygens (including phenoxy) is 7. The summed E-state index contributed by atoms with van der Waals surface area (Å²) in [5, 5.41) is 13.7. The Bertz CT molecular complexity index is 5540. The van der Waals surface area contributed by atoms with E-state index in [0.717, 1.165) is 57.5 Å². The van der Waals surface area contributed by atoms with Crippen molar-refractivity contribution in [3.63, 3.8) is 0 Å². The summed E-state index contributed by atoms with van der Waals surface area (Å²) < 4.78 is 124. The second-order valence-corrected chi connectivity index (χ2v) is 29.8. The highest BCUT2D eigenvalue weighted by atomic mass is 19.1. The summed E-state index contributed by atoms with van der Waals surface area (Å²) in [5.74, 6) is 3.79. The zero-order valence-electron chi connectivity index (χ0n) is 69.1. The van der Waals surface area contributed by atoms with Crippen LogP contribution >= 0.6 is 0 Å². The molecule has 11 heterocycles. The normalized spacial score (nSPS) is 15.5. The Morgan fingerprint density at radius 3 is 1.02 bits per heavy atom. The molecule has 0 bridgehead atoms. The van der Waals surface area contributed by atoms with Crippen molar-refractivity contribution in [1.82, 2.24) is 93.8 Å². The number of morpholine rings is 1. The molecule has 1 atom stereocenters. The van der Waals surface area contributed by atoms with Crippen LogP contribution in [-0.4, -0.2) is 283 Å². The van der Waals surface area contributed by atoms with Gasteiger partial charge in [0.15, 0.2) is 34.9 Å². The van der Waals surface area contributed by atoms with Gasteiger partial charge in [-0.2, -0.15) is 0 Å². The second kappa shape index (κ2) is 42.8. The number of methoxy groups -OCH3 is 1. The van der Waals surface area contributed by atoms with E-state index in [1.807, 2.05) is 12.1 Å². The molecule has 38 heteroatoms. The van der Waals surface area contributed by atoms with E-state index in [9.17, 15) is 40.7 Å². The van der Waals surface area contributed by atoms with E-state index >= 15 is 0 Å². The Balaban J connectivity index is 0.000000146. The number of hydrogen-bond acceptors (Lipinski definition) is 26. The number of benzene rings is 6. The van der Waals surface area contributed by atoms with Crippen LogP contribution in [0.3, 0.4) is 0 Å². The van der Waals surface area contributed by atoms with Crippen molar-refractivity contribution in [2.75, 3.05) is 186 Å². The molecule has 0 N–H and O–H groups in total. The van der Waals surface area contributed by atoms with Crippen LogP contribution in [0.15, 0.2) is 183 Å². The fraction of sp³-hybridized carbons (Fsp3) is 0.352. The number of nitrogens with zero attached hydrogens (tertiary/aromatic N) is 22. The SMILES string of the molecule is COCCOCCOc1cc(N2CCN(C(=O)Cn3nc(-c4ccc(F)cc4)nc3-c3ccc(F)cc3)CC2)ncn1.O=C(Cn1nc(-c2ccc(F)cc2)nc1-c1ccc(F)cc1)N1CCN(c2cc(OCC3CCOC3)ncn2)CC1.O=C(Cn1nc(-c2ccc(F)cc2)nc1-c1ccc(F)cc1)N1CCN(c2cc(OCCN3CCOCC3)ncn2)CC1. The molecule has 5 aliphatic rings. The fourth-order valence-corrected chi connectivity index (χ4v) is 14.4. The van der Waals surface area contributed by atoms with E-state index < -0.39 is 0 Å². The van der Waals surface area contributed by atoms with Gasteiger partial charge in [-0.15, -0.1) is 15.3 Å². The van der Waals surface area contributed by atoms with Crippen LogP contribution in [0.5, 0.6) is 17.6 Å². The van der Waals surface area contributed by atoms with Gasteiger partial charge in [0.1, 0.15) is 104 Å². The predicted octanol–water partition coefficient (Wildman–Crippen LogP) is 9.26. The first-order valence-corrected chi connectivity index (χ1v) is 41.3. The van der Waals surface area contributed by atoms with Gasteiger partial charge < -0.3 is 62.6 Å². The van der Waals surface area contributed by atoms with Crippen molar-refractivity contribution in [1.29, 1.82) is 0 Å². The zero-order chi connectivity index (χ0) is 87.1. The van der Waals surface area contributed by atoms with E-state index in [0.29, 0.717) is 222 Å². The van der Waals surface area contributed by atoms with Gasteiger partial charge in [0.25, 0.3) is 0 Å². The van der Waals surface area contributed by atoms with Crippen LogP contribution in [0.1, 0.15) is 6.42 Å². The molecule has 5 fully saturated rings. The molecule has 3 amide bonds. The third-order valence-corrected chi connectivity index (χ3v) is 21.4. The minimum absolute atomic E-state index is 0.0444. The molecule has 0 aliphatic carbocycles. The Morgan fingerprint density at radius 2 is 0.690 bits per heavy atom. The zero-order valence-corrected chi connectivity index (χ0v) is 69.1. The first-order valence-electron chi connectivity index (χ1n) is 41.3. The Morgan fingerprint density at radius 1 is 0.365 bits per heavy atom. The van der Waals surface area contributed by atoms with Crippen LogP contribution in [0.25, 0.3) is 68.3 Å². The van der Waals surface area contributed by atoms with Crippen molar-refractivity contribution in [3.8, 4) is 86.0 Å². The molecule has 5 saturated heterocycles. The van der Waals surface area contributed by atoms with Gasteiger partial charge in [0, 0.05) is 169 Å². The summed E-state index contributed by atoms with van der Waals surface area (Å²) in [6.45, 7) is 14.9. The van der Waals surface area contributed by atoms with Gasteiger partial charge in [-0.1, -0.05) is 0 Å². The summed E-state index contributed by atoms with van der Waals surface area (Å²) in [5.41, 5.74) is 3.67. The van der Waals surface area contributed by atoms with E-state index in [4.69, 9.17) is 33.2 Å². The molecule has 0 spiro atoms. The third kappa shape index (κ3) is 23.7. The summed E-state index contributed by atoms with van der Waals surface area (Å²) in [7, 11) is 1.62. The quantitative estimate of drug-likeness (QED) is 0.0311. The van der Waals surface area contributed by atoms with Crippen molar-refractivity contribution < 1.29 is 73.9 Å². The summed E-state index contributed by atoms with van der Waals surface area (Å²) in [4.78, 5) is 93.6. The van der Waals surface area contributed by atoms with Gasteiger partial charge in [-0.25, -0.2) is 85.2 Å². The Kier molecular flexibility index (Phi) is 29.7. The lowest BCUT2D eigenvalue weighted by Gasteiger charge is -2.35. The monoisotopic (exact) mass is 1730 g/mol. The van der Waals surface area contributed by atoms with Crippen molar-refractivity contribution in [2.45, 2.75) is 26.1 Å². The standard InChI is InChI=1S/C30H32F2N8O3.C29H31F2N7O4.C29H29F2N7O3/c31-24-5-1-22(2-6-24)29-35-30(23-3-7-25(32)8-4-23)40(36-29)20-28(41)39-11-9-38(10-12-39)26-19-27(34-21-33-26)43-18-15-37-13-16-42-17-14-37;1-40-14-15-41-16-17-42-26-18-25(32-20-33-26)36-10-12-37(13-11-36)27(39)19-38-29(22-4-8-24(31)9-5-22)34-28(35-38)21-2-6-23(30)7-3-21;30-23-5-1-21(2-6-23)28-34-29(22-3-7-24(31)8-4-22)38(35-28)16-27(39)37-12-10-36(11-13-37)25-15-26(33-19-32-25)41-18-20-9-14-40-17-20/h1-8,19,21H,9-18,20H2;2-9,18,20H,10-17,19H2,1H3;1-8,15,19-20H,9-14,16-18H2. The molecule has 12 aromatic rings. The third-order valence-electron chi connectivity index (χ3n) is 21.4. The first-order chi connectivity index (χ1) is 61.5. The highest BCUT2D eigenvalue weighted by Gasteiger charge is 2.30. The van der Waals surface area contributed by atoms with Crippen LogP contribution in [-0.2, 0) is 53.0 Å². The molecule has 656 valence electrons. The number of rotatable bonds is 29. The van der Waals surface area contributed by atoms with Crippen LogP contribution in [0.2, 0.25) is 0 Å².